The van der Waals surface area contributed by atoms with Gasteiger partial charge in [0.1, 0.15) is 11.9 Å². The van der Waals surface area contributed by atoms with Crippen LogP contribution in [-0.4, -0.2) is 45.9 Å². The van der Waals surface area contributed by atoms with Crippen molar-refractivity contribution in [1.29, 1.82) is 0 Å². The summed E-state index contributed by atoms with van der Waals surface area (Å²) in [5.74, 6) is 0.926. The van der Waals surface area contributed by atoms with Gasteiger partial charge in [0.2, 0.25) is 0 Å². The first kappa shape index (κ1) is 18.0. The number of rotatable bonds is 3. The molecule has 0 bridgehead atoms. The second-order valence-corrected chi connectivity index (χ2v) is 7.55. The zero-order valence-electron chi connectivity index (χ0n) is 16.2. The number of amides is 1. The van der Waals surface area contributed by atoms with Gasteiger partial charge in [-0.2, -0.15) is 5.10 Å². The molecule has 144 valence electrons. The lowest BCUT2D eigenvalue weighted by atomic mass is 9.98. The Morgan fingerprint density at radius 2 is 1.89 bits per heavy atom. The van der Waals surface area contributed by atoms with Gasteiger partial charge < -0.3 is 14.4 Å². The van der Waals surface area contributed by atoms with E-state index in [0.29, 0.717) is 18.8 Å². The number of ether oxygens (including phenoxy) is 2. The summed E-state index contributed by atoms with van der Waals surface area (Å²) in [5, 5.41) is 4.55. The van der Waals surface area contributed by atoms with E-state index in [-0.39, 0.29) is 24.2 Å². The molecule has 1 aromatic carbocycles. The van der Waals surface area contributed by atoms with E-state index >= 15 is 0 Å². The van der Waals surface area contributed by atoms with Crippen LogP contribution in [-0.2, 0) is 18.2 Å². The number of carbonyl (C=O) groups is 1. The highest BCUT2D eigenvalue weighted by Gasteiger charge is 2.34. The number of likely N-dealkylation sites (tertiary alicyclic amines) is 1. The van der Waals surface area contributed by atoms with Crippen molar-refractivity contribution >= 4 is 5.91 Å². The molecule has 2 aliphatic heterocycles. The van der Waals surface area contributed by atoms with Crippen molar-refractivity contribution < 1.29 is 14.3 Å². The third-order valence-electron chi connectivity index (χ3n) is 5.48. The van der Waals surface area contributed by atoms with Gasteiger partial charge in [0.05, 0.1) is 17.9 Å². The Balaban J connectivity index is 1.44. The summed E-state index contributed by atoms with van der Waals surface area (Å²) in [4.78, 5) is 15.0. The van der Waals surface area contributed by atoms with Gasteiger partial charge in [0.15, 0.2) is 5.69 Å². The molecular weight excluding hydrogens is 342 g/mol. The van der Waals surface area contributed by atoms with E-state index in [1.165, 1.54) is 0 Å². The number of benzene rings is 1. The highest BCUT2D eigenvalue weighted by molar-refractivity contribution is 5.94. The van der Waals surface area contributed by atoms with E-state index in [9.17, 15) is 4.79 Å². The van der Waals surface area contributed by atoms with Crippen LogP contribution in [0.3, 0.4) is 0 Å². The largest absolute Gasteiger partial charge is 0.490 e. The lowest BCUT2D eigenvalue weighted by molar-refractivity contribution is -0.00908. The molecule has 1 amide bonds. The van der Waals surface area contributed by atoms with Crippen LogP contribution in [0.15, 0.2) is 30.3 Å². The van der Waals surface area contributed by atoms with Crippen LogP contribution in [0.25, 0.3) is 0 Å². The Hall–Kier alpha value is -2.34. The van der Waals surface area contributed by atoms with E-state index in [1.807, 2.05) is 60.8 Å². The van der Waals surface area contributed by atoms with E-state index < -0.39 is 0 Å². The van der Waals surface area contributed by atoms with Crippen LogP contribution in [0.2, 0.25) is 0 Å². The van der Waals surface area contributed by atoms with Crippen LogP contribution in [0.4, 0.5) is 0 Å². The molecule has 0 aliphatic carbocycles. The summed E-state index contributed by atoms with van der Waals surface area (Å²) in [6.45, 7) is 5.47. The highest BCUT2D eigenvalue weighted by Crippen LogP contribution is 2.32. The molecule has 0 radical (unpaired) electrons. The Bertz CT molecular complexity index is 810. The van der Waals surface area contributed by atoms with E-state index in [1.54, 1.807) is 0 Å². The number of hydrogen-bond donors (Lipinski definition) is 0. The fourth-order valence-corrected chi connectivity index (χ4v) is 4.23. The van der Waals surface area contributed by atoms with E-state index in [2.05, 4.69) is 5.10 Å². The molecule has 1 aromatic heterocycles. The average molecular weight is 369 g/mol. The molecule has 0 unspecified atom stereocenters. The topological polar surface area (TPSA) is 56.6 Å². The van der Waals surface area contributed by atoms with Crippen molar-refractivity contribution in [3.63, 3.8) is 0 Å². The molecule has 0 N–H and O–H groups in total. The van der Waals surface area contributed by atoms with Gasteiger partial charge in [0, 0.05) is 45.0 Å². The number of hydrogen-bond acceptors (Lipinski definition) is 4. The molecule has 2 atom stereocenters. The summed E-state index contributed by atoms with van der Waals surface area (Å²) < 4.78 is 13.7. The lowest BCUT2D eigenvalue weighted by Gasteiger charge is -2.32. The van der Waals surface area contributed by atoms with Gasteiger partial charge in [-0.25, -0.2) is 0 Å². The highest BCUT2D eigenvalue weighted by atomic mass is 16.5. The summed E-state index contributed by atoms with van der Waals surface area (Å²) in [7, 11) is 1.89. The molecule has 1 fully saturated rings. The third kappa shape index (κ3) is 3.58. The van der Waals surface area contributed by atoms with Crippen molar-refractivity contribution in [3.8, 4) is 5.75 Å². The maximum atomic E-state index is 13.1. The Labute approximate surface area is 160 Å². The predicted octanol–water partition coefficient (Wildman–Crippen LogP) is 3.13. The molecule has 27 heavy (non-hydrogen) atoms. The van der Waals surface area contributed by atoms with Gasteiger partial charge in [-0.1, -0.05) is 18.2 Å². The summed E-state index contributed by atoms with van der Waals surface area (Å²) >= 11 is 0. The summed E-state index contributed by atoms with van der Waals surface area (Å²) in [6, 6.07) is 9.88. The molecular formula is C21H27N3O3. The quantitative estimate of drug-likeness (QED) is 0.834. The van der Waals surface area contributed by atoms with E-state index in [4.69, 9.17) is 9.47 Å². The van der Waals surface area contributed by atoms with Crippen molar-refractivity contribution in [2.24, 2.45) is 7.05 Å². The molecule has 2 aromatic rings. The smallest absolute Gasteiger partial charge is 0.274 e. The first-order valence-corrected chi connectivity index (χ1v) is 9.75. The molecule has 4 rings (SSSR count). The summed E-state index contributed by atoms with van der Waals surface area (Å²) in [6.07, 6.45) is 2.64. The normalized spacial score (nSPS) is 23.1. The number of carbonyl (C=O) groups excluding carboxylic acids is 1. The fraction of sp³-hybridized carbons (Fsp3) is 0.524. The second kappa shape index (κ2) is 7.35. The number of piperidine rings is 1. The zero-order valence-corrected chi connectivity index (χ0v) is 16.2. The third-order valence-corrected chi connectivity index (χ3v) is 5.48. The van der Waals surface area contributed by atoms with Crippen molar-refractivity contribution in [2.45, 2.75) is 51.4 Å². The molecule has 2 aliphatic rings. The van der Waals surface area contributed by atoms with Gasteiger partial charge in [-0.05, 0) is 26.0 Å². The first-order chi connectivity index (χ1) is 13.0. The van der Waals surface area contributed by atoms with Crippen molar-refractivity contribution in [1.82, 2.24) is 14.7 Å². The molecule has 0 saturated carbocycles. The maximum absolute atomic E-state index is 13.1. The molecule has 1 saturated heterocycles. The molecule has 0 spiro atoms. The lowest BCUT2D eigenvalue weighted by Crippen LogP contribution is -2.42. The van der Waals surface area contributed by atoms with Gasteiger partial charge in [-0.15, -0.1) is 0 Å². The van der Waals surface area contributed by atoms with Gasteiger partial charge in [0.25, 0.3) is 5.91 Å². The summed E-state index contributed by atoms with van der Waals surface area (Å²) in [5.41, 5.74) is 2.67. The monoisotopic (exact) mass is 369 g/mol. The van der Waals surface area contributed by atoms with Gasteiger partial charge >= 0.3 is 0 Å². The molecule has 6 heteroatoms. The Kier molecular flexibility index (Phi) is 4.91. The van der Waals surface area contributed by atoms with E-state index in [0.717, 1.165) is 36.3 Å². The number of nitrogens with zero attached hydrogens (tertiary/aromatic N) is 3. The Morgan fingerprint density at radius 1 is 1.19 bits per heavy atom. The standard InChI is InChI=1S/C21H27N3O3/c1-14-13-18-19(22-23(3)20(18)15(2)26-14)21(25)24-11-9-17(10-12-24)27-16-7-5-4-6-8-16/h4-8,14-15,17H,9-13H2,1-3H3/t14-,15+/m1/s1. The molecule has 6 nitrogen and oxygen atoms in total. The van der Waals surface area contributed by atoms with Crippen LogP contribution >= 0.6 is 0 Å². The first-order valence-electron chi connectivity index (χ1n) is 9.75. The SMILES string of the molecule is C[C@@H]1Cc2c(C(=O)N3CCC(Oc4ccccc4)CC3)nn(C)c2[C@H](C)O1. The average Bonchev–Trinajstić information content (AvgIpc) is 2.99. The minimum Gasteiger partial charge on any atom is -0.490 e. The predicted molar refractivity (Wildman–Crippen MR) is 102 cm³/mol. The van der Waals surface area contributed by atoms with Crippen molar-refractivity contribution in [2.75, 3.05) is 13.1 Å². The number of aryl methyl sites for hydroxylation is 1. The van der Waals surface area contributed by atoms with Gasteiger partial charge in [-0.3, -0.25) is 9.48 Å². The number of aromatic nitrogens is 2. The fourth-order valence-electron chi connectivity index (χ4n) is 4.23. The number of fused-ring (bicyclic) bond motifs is 1. The minimum absolute atomic E-state index is 0.0336. The minimum atomic E-state index is -0.0344. The Morgan fingerprint density at radius 3 is 2.59 bits per heavy atom. The molecule has 3 heterocycles. The van der Waals surface area contributed by atoms with Crippen LogP contribution in [0, 0.1) is 0 Å². The number of para-hydroxylation sites is 1. The second-order valence-electron chi connectivity index (χ2n) is 7.55. The van der Waals surface area contributed by atoms with Crippen LogP contribution in [0.1, 0.15) is 54.5 Å². The van der Waals surface area contributed by atoms with Crippen LogP contribution in [0.5, 0.6) is 5.75 Å². The van der Waals surface area contributed by atoms with Crippen molar-refractivity contribution in [3.05, 3.63) is 47.3 Å². The zero-order chi connectivity index (χ0) is 19.0. The van der Waals surface area contributed by atoms with Crippen LogP contribution < -0.4 is 4.74 Å². The maximum Gasteiger partial charge on any atom is 0.274 e.